The van der Waals surface area contributed by atoms with Crippen LogP contribution in [0.3, 0.4) is 0 Å². The normalized spacial score (nSPS) is 11.2. The molecule has 0 aliphatic rings. The molecule has 0 bridgehead atoms. The van der Waals surface area contributed by atoms with E-state index in [9.17, 15) is 0 Å². The largest absolute Gasteiger partial charge is 0.0701 e. The standard InChI is InChI=1S/C25H19/c1-5-13-21(14-6-1)25(22-15-7-2-8-16-22,23-17-9-3-10-18-23)24-19-11-4-12-20-24/h1-11,13-20H. The lowest BCUT2D eigenvalue weighted by Crippen LogP contribution is -2.30. The highest BCUT2D eigenvalue weighted by Crippen LogP contribution is 2.44. The predicted octanol–water partition coefficient (Wildman–Crippen LogP) is 5.87. The average molecular weight is 319 g/mol. The maximum Gasteiger partial charge on any atom is 0.0701 e. The van der Waals surface area contributed by atoms with Crippen molar-refractivity contribution in [3.63, 3.8) is 0 Å². The first-order valence-electron chi connectivity index (χ1n) is 8.55. The van der Waals surface area contributed by atoms with Crippen molar-refractivity contribution in [3.8, 4) is 0 Å². The quantitative estimate of drug-likeness (QED) is 0.413. The molecule has 0 amide bonds. The van der Waals surface area contributed by atoms with Gasteiger partial charge in [-0.25, -0.2) is 0 Å². The van der Waals surface area contributed by atoms with Crippen molar-refractivity contribution in [2.75, 3.05) is 0 Å². The maximum absolute atomic E-state index is 3.28. The topological polar surface area (TPSA) is 0 Å². The number of rotatable bonds is 4. The summed E-state index contributed by atoms with van der Waals surface area (Å²) in [5.74, 6) is 0. The first-order valence-corrected chi connectivity index (χ1v) is 8.55. The maximum atomic E-state index is 3.28. The zero-order valence-corrected chi connectivity index (χ0v) is 14.0. The van der Waals surface area contributed by atoms with Crippen LogP contribution in [0.15, 0.2) is 115 Å². The van der Waals surface area contributed by atoms with Crippen LogP contribution in [0, 0.1) is 6.07 Å². The fraction of sp³-hybridized carbons (Fsp3) is 0.0400. The number of hydrogen-bond donors (Lipinski definition) is 0. The van der Waals surface area contributed by atoms with Gasteiger partial charge in [0.1, 0.15) is 0 Å². The second kappa shape index (κ2) is 6.78. The lowest BCUT2D eigenvalue weighted by molar-refractivity contribution is 0.745. The second-order valence-electron chi connectivity index (χ2n) is 6.14. The first kappa shape index (κ1) is 15.4. The van der Waals surface area contributed by atoms with E-state index in [1.807, 2.05) is 6.07 Å². The van der Waals surface area contributed by atoms with E-state index in [0.717, 1.165) is 0 Å². The zero-order chi connectivity index (χ0) is 17.0. The Bertz CT molecular complexity index is 747. The lowest BCUT2D eigenvalue weighted by atomic mass is 9.65. The summed E-state index contributed by atoms with van der Waals surface area (Å²) in [6, 6.07) is 43.8. The summed E-state index contributed by atoms with van der Waals surface area (Å²) in [5, 5.41) is 0. The minimum atomic E-state index is -0.360. The number of benzene rings is 4. The molecule has 0 saturated heterocycles. The SMILES string of the molecule is [c]1cccc(C(c2ccccc2)(c2ccccc2)c2ccccc2)c1. The van der Waals surface area contributed by atoms with Crippen LogP contribution in [0.5, 0.6) is 0 Å². The van der Waals surface area contributed by atoms with E-state index in [1.165, 1.54) is 22.3 Å². The van der Waals surface area contributed by atoms with Crippen molar-refractivity contribution >= 4 is 0 Å². The zero-order valence-electron chi connectivity index (χ0n) is 14.0. The molecule has 0 heteroatoms. The highest BCUT2D eigenvalue weighted by molar-refractivity contribution is 5.59. The molecule has 0 nitrogen and oxygen atoms in total. The Morgan fingerprint density at radius 3 is 1.20 bits per heavy atom. The molecule has 0 aromatic heterocycles. The lowest BCUT2D eigenvalue weighted by Gasteiger charge is -2.36. The summed E-state index contributed by atoms with van der Waals surface area (Å²) in [5.41, 5.74) is 4.63. The molecule has 0 saturated carbocycles. The molecular weight excluding hydrogens is 300 g/mol. The van der Waals surface area contributed by atoms with Gasteiger partial charge in [-0.1, -0.05) is 109 Å². The number of hydrogen-bond acceptors (Lipinski definition) is 0. The Balaban J connectivity index is 2.13. The summed E-state index contributed by atoms with van der Waals surface area (Å²) in [6.45, 7) is 0. The van der Waals surface area contributed by atoms with Gasteiger partial charge in [0.05, 0.1) is 5.41 Å². The van der Waals surface area contributed by atoms with E-state index in [2.05, 4.69) is 115 Å². The Morgan fingerprint density at radius 1 is 0.440 bits per heavy atom. The van der Waals surface area contributed by atoms with Crippen molar-refractivity contribution in [2.45, 2.75) is 5.41 Å². The van der Waals surface area contributed by atoms with Crippen LogP contribution in [0.1, 0.15) is 22.3 Å². The van der Waals surface area contributed by atoms with Crippen LogP contribution in [-0.4, -0.2) is 0 Å². The Hall–Kier alpha value is -3.12. The molecule has 0 unspecified atom stereocenters. The molecule has 4 aromatic rings. The van der Waals surface area contributed by atoms with E-state index in [0.29, 0.717) is 0 Å². The van der Waals surface area contributed by atoms with E-state index >= 15 is 0 Å². The molecule has 4 aromatic carbocycles. The molecule has 0 spiro atoms. The van der Waals surface area contributed by atoms with Gasteiger partial charge in [-0.3, -0.25) is 0 Å². The smallest absolute Gasteiger partial charge is 0.0622 e. The molecule has 25 heavy (non-hydrogen) atoms. The van der Waals surface area contributed by atoms with E-state index in [1.54, 1.807) is 0 Å². The van der Waals surface area contributed by atoms with Gasteiger partial charge < -0.3 is 0 Å². The molecule has 0 atom stereocenters. The molecule has 0 fully saturated rings. The highest BCUT2D eigenvalue weighted by Gasteiger charge is 2.37. The van der Waals surface area contributed by atoms with Crippen molar-refractivity contribution in [3.05, 3.63) is 144 Å². The Kier molecular flexibility index (Phi) is 4.18. The third-order valence-electron chi connectivity index (χ3n) is 4.76. The summed E-state index contributed by atoms with van der Waals surface area (Å²) in [7, 11) is 0. The Morgan fingerprint density at radius 2 is 0.840 bits per heavy atom. The molecule has 4 rings (SSSR count). The fourth-order valence-electron chi connectivity index (χ4n) is 3.69. The van der Waals surface area contributed by atoms with Gasteiger partial charge in [-0.05, 0) is 34.4 Å². The van der Waals surface area contributed by atoms with Crippen LogP contribution < -0.4 is 0 Å². The van der Waals surface area contributed by atoms with E-state index in [4.69, 9.17) is 0 Å². The van der Waals surface area contributed by atoms with Crippen LogP contribution in [0.4, 0.5) is 0 Å². The van der Waals surface area contributed by atoms with E-state index < -0.39 is 0 Å². The van der Waals surface area contributed by atoms with Gasteiger partial charge in [0.25, 0.3) is 0 Å². The molecule has 0 aliphatic carbocycles. The van der Waals surface area contributed by atoms with Crippen LogP contribution in [-0.2, 0) is 5.41 Å². The second-order valence-corrected chi connectivity index (χ2v) is 6.14. The predicted molar refractivity (Wildman–Crippen MR) is 104 cm³/mol. The minimum absolute atomic E-state index is 0.360. The van der Waals surface area contributed by atoms with Gasteiger partial charge in [-0.15, -0.1) is 0 Å². The summed E-state index contributed by atoms with van der Waals surface area (Å²) < 4.78 is 0. The summed E-state index contributed by atoms with van der Waals surface area (Å²) >= 11 is 0. The van der Waals surface area contributed by atoms with Crippen molar-refractivity contribution < 1.29 is 0 Å². The Labute approximate surface area is 149 Å². The van der Waals surface area contributed by atoms with Crippen LogP contribution >= 0.6 is 0 Å². The summed E-state index contributed by atoms with van der Waals surface area (Å²) in [4.78, 5) is 0. The molecule has 0 heterocycles. The molecule has 0 N–H and O–H groups in total. The fourth-order valence-corrected chi connectivity index (χ4v) is 3.69. The van der Waals surface area contributed by atoms with Gasteiger partial charge in [-0.2, -0.15) is 0 Å². The molecule has 1 radical (unpaired) electrons. The average Bonchev–Trinajstić information content (AvgIpc) is 2.72. The minimum Gasteiger partial charge on any atom is -0.0622 e. The third-order valence-corrected chi connectivity index (χ3v) is 4.76. The van der Waals surface area contributed by atoms with Gasteiger partial charge in [0, 0.05) is 0 Å². The van der Waals surface area contributed by atoms with Crippen molar-refractivity contribution in [1.29, 1.82) is 0 Å². The van der Waals surface area contributed by atoms with Crippen LogP contribution in [0.2, 0.25) is 0 Å². The van der Waals surface area contributed by atoms with Crippen molar-refractivity contribution in [2.24, 2.45) is 0 Å². The highest BCUT2D eigenvalue weighted by atomic mass is 14.4. The molecule has 119 valence electrons. The monoisotopic (exact) mass is 319 g/mol. The third kappa shape index (κ3) is 2.66. The van der Waals surface area contributed by atoms with Gasteiger partial charge in [0.15, 0.2) is 0 Å². The molecular formula is C25H19. The van der Waals surface area contributed by atoms with Crippen molar-refractivity contribution in [1.82, 2.24) is 0 Å². The van der Waals surface area contributed by atoms with Gasteiger partial charge >= 0.3 is 0 Å². The van der Waals surface area contributed by atoms with Crippen LogP contribution in [0.25, 0.3) is 0 Å². The van der Waals surface area contributed by atoms with Gasteiger partial charge in [0.2, 0.25) is 0 Å². The summed E-state index contributed by atoms with van der Waals surface area (Å²) in [6.07, 6.45) is 0. The van der Waals surface area contributed by atoms with E-state index in [-0.39, 0.29) is 5.41 Å². The first-order chi connectivity index (χ1) is 12.4. The molecule has 0 aliphatic heterocycles.